The van der Waals surface area contributed by atoms with Crippen LogP contribution < -0.4 is 10.5 Å². The SMILES string of the molecule is COc1cccc(C(O)c2cccc(N)c2)c1. The molecule has 0 aliphatic heterocycles. The van der Waals surface area contributed by atoms with E-state index in [2.05, 4.69) is 0 Å². The van der Waals surface area contributed by atoms with Crippen molar-refractivity contribution in [1.82, 2.24) is 0 Å². The van der Waals surface area contributed by atoms with Crippen LogP contribution in [0.25, 0.3) is 0 Å². The van der Waals surface area contributed by atoms with E-state index in [0.717, 1.165) is 16.9 Å². The van der Waals surface area contributed by atoms with Crippen molar-refractivity contribution in [2.24, 2.45) is 0 Å². The maximum atomic E-state index is 10.2. The van der Waals surface area contributed by atoms with Crippen molar-refractivity contribution in [3.63, 3.8) is 0 Å². The molecule has 0 amide bonds. The molecule has 0 bridgehead atoms. The lowest BCUT2D eigenvalue weighted by Crippen LogP contribution is -2.00. The Morgan fingerprint density at radius 2 is 1.71 bits per heavy atom. The fourth-order valence-corrected chi connectivity index (χ4v) is 1.73. The lowest BCUT2D eigenvalue weighted by Gasteiger charge is -2.13. The van der Waals surface area contributed by atoms with E-state index in [-0.39, 0.29) is 0 Å². The first-order valence-electron chi connectivity index (χ1n) is 5.38. The van der Waals surface area contributed by atoms with Gasteiger partial charge in [0.25, 0.3) is 0 Å². The molecule has 17 heavy (non-hydrogen) atoms. The lowest BCUT2D eigenvalue weighted by molar-refractivity contribution is 0.220. The molecule has 1 unspecified atom stereocenters. The standard InChI is InChI=1S/C14H15NO2/c1-17-13-7-3-5-11(9-13)14(16)10-4-2-6-12(15)8-10/h2-9,14,16H,15H2,1H3. The van der Waals surface area contributed by atoms with Crippen LogP contribution in [0.4, 0.5) is 5.69 Å². The zero-order valence-corrected chi connectivity index (χ0v) is 9.63. The van der Waals surface area contributed by atoms with Gasteiger partial charge in [-0.05, 0) is 35.4 Å². The zero-order valence-electron chi connectivity index (χ0n) is 9.63. The zero-order chi connectivity index (χ0) is 12.3. The number of anilines is 1. The molecule has 3 N–H and O–H groups in total. The first kappa shape index (κ1) is 11.5. The summed E-state index contributed by atoms with van der Waals surface area (Å²) in [6.07, 6.45) is -0.686. The van der Waals surface area contributed by atoms with Crippen LogP contribution in [-0.4, -0.2) is 12.2 Å². The van der Waals surface area contributed by atoms with E-state index in [0.29, 0.717) is 5.69 Å². The molecule has 1 atom stereocenters. The average molecular weight is 229 g/mol. The number of methoxy groups -OCH3 is 1. The number of hydrogen-bond donors (Lipinski definition) is 2. The van der Waals surface area contributed by atoms with E-state index >= 15 is 0 Å². The topological polar surface area (TPSA) is 55.5 Å². The first-order valence-corrected chi connectivity index (χ1v) is 5.38. The minimum Gasteiger partial charge on any atom is -0.497 e. The quantitative estimate of drug-likeness (QED) is 0.794. The molecule has 3 nitrogen and oxygen atoms in total. The molecule has 88 valence electrons. The third-order valence-electron chi connectivity index (χ3n) is 2.64. The molecular weight excluding hydrogens is 214 g/mol. The predicted molar refractivity (Wildman–Crippen MR) is 67.9 cm³/mol. The summed E-state index contributed by atoms with van der Waals surface area (Å²) >= 11 is 0. The van der Waals surface area contributed by atoms with E-state index in [4.69, 9.17) is 10.5 Å². The molecule has 0 heterocycles. The molecule has 0 aliphatic carbocycles. The number of nitrogens with two attached hydrogens (primary N) is 1. The highest BCUT2D eigenvalue weighted by Gasteiger charge is 2.11. The van der Waals surface area contributed by atoms with Crippen LogP contribution in [0.5, 0.6) is 5.75 Å². The van der Waals surface area contributed by atoms with Gasteiger partial charge in [-0.2, -0.15) is 0 Å². The van der Waals surface area contributed by atoms with Gasteiger partial charge in [0.15, 0.2) is 0 Å². The van der Waals surface area contributed by atoms with Crippen molar-refractivity contribution in [1.29, 1.82) is 0 Å². The number of ether oxygens (including phenoxy) is 1. The minimum atomic E-state index is -0.686. The van der Waals surface area contributed by atoms with Crippen molar-refractivity contribution in [2.75, 3.05) is 12.8 Å². The van der Waals surface area contributed by atoms with Crippen LogP contribution in [0.3, 0.4) is 0 Å². The van der Waals surface area contributed by atoms with Crippen molar-refractivity contribution in [3.8, 4) is 5.75 Å². The van der Waals surface area contributed by atoms with E-state index in [9.17, 15) is 5.11 Å². The molecule has 0 saturated carbocycles. The van der Waals surface area contributed by atoms with Gasteiger partial charge in [-0.1, -0.05) is 24.3 Å². The number of aliphatic hydroxyl groups excluding tert-OH is 1. The highest BCUT2D eigenvalue weighted by Crippen LogP contribution is 2.25. The molecule has 0 saturated heterocycles. The summed E-state index contributed by atoms with van der Waals surface area (Å²) in [4.78, 5) is 0. The summed E-state index contributed by atoms with van der Waals surface area (Å²) in [7, 11) is 1.60. The highest BCUT2D eigenvalue weighted by molar-refractivity contribution is 5.44. The lowest BCUT2D eigenvalue weighted by atomic mass is 10.0. The molecule has 2 rings (SSSR count). The van der Waals surface area contributed by atoms with Crippen LogP contribution >= 0.6 is 0 Å². The van der Waals surface area contributed by atoms with Gasteiger partial charge in [0.05, 0.1) is 7.11 Å². The van der Waals surface area contributed by atoms with Crippen LogP contribution in [0.1, 0.15) is 17.2 Å². The molecule has 0 spiro atoms. The van der Waals surface area contributed by atoms with E-state index in [1.165, 1.54) is 0 Å². The Balaban J connectivity index is 2.33. The van der Waals surface area contributed by atoms with Crippen LogP contribution in [-0.2, 0) is 0 Å². The number of nitrogen functional groups attached to an aromatic ring is 1. The van der Waals surface area contributed by atoms with Gasteiger partial charge in [-0.15, -0.1) is 0 Å². The third-order valence-corrected chi connectivity index (χ3v) is 2.64. The van der Waals surface area contributed by atoms with Crippen LogP contribution in [0.2, 0.25) is 0 Å². The highest BCUT2D eigenvalue weighted by atomic mass is 16.5. The molecule has 3 heteroatoms. The summed E-state index contributed by atoms with van der Waals surface area (Å²) in [6.45, 7) is 0. The molecule has 2 aromatic rings. The molecule has 0 fully saturated rings. The number of benzene rings is 2. The van der Waals surface area contributed by atoms with Crippen LogP contribution in [0.15, 0.2) is 48.5 Å². The van der Waals surface area contributed by atoms with E-state index in [1.807, 2.05) is 36.4 Å². The van der Waals surface area contributed by atoms with Gasteiger partial charge < -0.3 is 15.6 Å². The Labute approximate surface area is 100 Å². The maximum absolute atomic E-state index is 10.2. The second kappa shape index (κ2) is 4.89. The van der Waals surface area contributed by atoms with E-state index < -0.39 is 6.10 Å². The second-order valence-corrected chi connectivity index (χ2v) is 3.85. The fraction of sp³-hybridized carbons (Fsp3) is 0.143. The summed E-state index contributed by atoms with van der Waals surface area (Å²) < 4.78 is 5.13. The van der Waals surface area contributed by atoms with Gasteiger partial charge in [0, 0.05) is 5.69 Å². The van der Waals surface area contributed by atoms with Gasteiger partial charge in [-0.25, -0.2) is 0 Å². The van der Waals surface area contributed by atoms with Crippen molar-refractivity contribution in [2.45, 2.75) is 6.10 Å². The predicted octanol–water partition coefficient (Wildman–Crippen LogP) is 2.36. The van der Waals surface area contributed by atoms with Gasteiger partial charge >= 0.3 is 0 Å². The summed E-state index contributed by atoms with van der Waals surface area (Å²) in [5.74, 6) is 0.727. The summed E-state index contributed by atoms with van der Waals surface area (Å²) in [5.41, 5.74) is 7.90. The van der Waals surface area contributed by atoms with Crippen LogP contribution in [0, 0.1) is 0 Å². The smallest absolute Gasteiger partial charge is 0.119 e. The minimum absolute atomic E-state index is 0.643. The fourth-order valence-electron chi connectivity index (χ4n) is 1.73. The molecule has 0 aliphatic rings. The Morgan fingerprint density at radius 1 is 1.06 bits per heavy atom. The van der Waals surface area contributed by atoms with Gasteiger partial charge in [-0.3, -0.25) is 0 Å². The monoisotopic (exact) mass is 229 g/mol. The van der Waals surface area contributed by atoms with Crippen molar-refractivity contribution in [3.05, 3.63) is 59.7 Å². The third kappa shape index (κ3) is 2.57. The molecule has 2 aromatic carbocycles. The number of hydrogen-bond acceptors (Lipinski definition) is 3. The Kier molecular flexibility index (Phi) is 3.30. The normalized spacial score (nSPS) is 12.1. The molecule has 0 aromatic heterocycles. The largest absolute Gasteiger partial charge is 0.497 e. The van der Waals surface area contributed by atoms with Crippen molar-refractivity contribution >= 4 is 5.69 Å². The molecular formula is C14H15NO2. The summed E-state index contributed by atoms with van der Waals surface area (Å²) in [5, 5.41) is 10.2. The number of rotatable bonds is 3. The Hall–Kier alpha value is -2.00. The Bertz CT molecular complexity index is 511. The number of aliphatic hydroxyl groups is 1. The maximum Gasteiger partial charge on any atom is 0.119 e. The Morgan fingerprint density at radius 3 is 2.35 bits per heavy atom. The average Bonchev–Trinajstić information content (AvgIpc) is 2.38. The van der Waals surface area contributed by atoms with Crippen molar-refractivity contribution < 1.29 is 9.84 Å². The summed E-state index contributed by atoms with van der Waals surface area (Å²) in [6, 6.07) is 14.6. The second-order valence-electron chi connectivity index (χ2n) is 3.85. The van der Waals surface area contributed by atoms with Gasteiger partial charge in [0.1, 0.15) is 11.9 Å². The van der Waals surface area contributed by atoms with E-state index in [1.54, 1.807) is 19.2 Å². The first-order chi connectivity index (χ1) is 8.20. The van der Waals surface area contributed by atoms with Gasteiger partial charge in [0.2, 0.25) is 0 Å². The molecule has 0 radical (unpaired) electrons.